The topological polar surface area (TPSA) is 67.8 Å². The molecule has 0 spiro atoms. The van der Waals surface area contributed by atoms with Crippen LogP contribution in [0.4, 0.5) is 0 Å². The molecule has 0 amide bonds. The van der Waals surface area contributed by atoms with Crippen molar-refractivity contribution in [2.24, 2.45) is 5.92 Å². The monoisotopic (exact) mass is 203 g/mol. The SMILES string of the molecule is COC(C[C@@H]1CN[C@H](C(=O)O)C1)OC. The first kappa shape index (κ1) is 11.4. The van der Waals surface area contributed by atoms with Gasteiger partial charge in [0.2, 0.25) is 0 Å². The van der Waals surface area contributed by atoms with Crippen molar-refractivity contribution in [3.8, 4) is 0 Å². The molecule has 1 fully saturated rings. The molecule has 0 aliphatic carbocycles. The average Bonchev–Trinajstić information content (AvgIpc) is 2.62. The van der Waals surface area contributed by atoms with Crippen molar-refractivity contribution in [2.75, 3.05) is 20.8 Å². The van der Waals surface area contributed by atoms with Crippen molar-refractivity contribution < 1.29 is 19.4 Å². The number of hydrogen-bond donors (Lipinski definition) is 2. The minimum Gasteiger partial charge on any atom is -0.480 e. The molecule has 5 nitrogen and oxygen atoms in total. The Hall–Kier alpha value is -0.650. The highest BCUT2D eigenvalue weighted by Gasteiger charge is 2.30. The summed E-state index contributed by atoms with van der Waals surface area (Å²) in [6.45, 7) is 0.722. The van der Waals surface area contributed by atoms with Crippen LogP contribution in [0.2, 0.25) is 0 Å². The first-order chi connectivity index (χ1) is 6.67. The molecule has 0 saturated carbocycles. The van der Waals surface area contributed by atoms with Crippen molar-refractivity contribution in [1.29, 1.82) is 0 Å². The molecule has 0 unspecified atom stereocenters. The lowest BCUT2D eigenvalue weighted by molar-refractivity contribution is -0.139. The fourth-order valence-electron chi connectivity index (χ4n) is 1.74. The highest BCUT2D eigenvalue weighted by atomic mass is 16.7. The van der Waals surface area contributed by atoms with Gasteiger partial charge in [-0.15, -0.1) is 0 Å². The maximum atomic E-state index is 10.6. The number of hydrogen-bond acceptors (Lipinski definition) is 4. The minimum absolute atomic E-state index is 0.227. The third-order valence-corrected chi connectivity index (χ3v) is 2.57. The van der Waals surface area contributed by atoms with Gasteiger partial charge < -0.3 is 19.9 Å². The second-order valence-corrected chi connectivity index (χ2v) is 3.54. The van der Waals surface area contributed by atoms with Gasteiger partial charge in [0.1, 0.15) is 6.04 Å². The maximum absolute atomic E-state index is 10.6. The summed E-state index contributed by atoms with van der Waals surface area (Å²) in [6, 6.07) is -0.408. The van der Waals surface area contributed by atoms with Gasteiger partial charge in [-0.2, -0.15) is 0 Å². The van der Waals surface area contributed by atoms with Gasteiger partial charge in [-0.1, -0.05) is 0 Å². The smallest absolute Gasteiger partial charge is 0.320 e. The molecule has 82 valence electrons. The number of carboxylic acid groups (broad SMARTS) is 1. The predicted molar refractivity (Wildman–Crippen MR) is 50.0 cm³/mol. The van der Waals surface area contributed by atoms with Crippen LogP contribution >= 0.6 is 0 Å². The molecule has 0 bridgehead atoms. The molecule has 0 radical (unpaired) electrons. The van der Waals surface area contributed by atoms with Gasteiger partial charge in [0.25, 0.3) is 0 Å². The van der Waals surface area contributed by atoms with E-state index in [9.17, 15) is 4.79 Å². The zero-order valence-corrected chi connectivity index (χ0v) is 8.53. The number of carboxylic acids is 1. The Balaban J connectivity index is 2.31. The van der Waals surface area contributed by atoms with Gasteiger partial charge in [0.05, 0.1) is 0 Å². The van der Waals surface area contributed by atoms with Crippen LogP contribution in [0.15, 0.2) is 0 Å². The summed E-state index contributed by atoms with van der Waals surface area (Å²) >= 11 is 0. The van der Waals surface area contributed by atoms with Crippen molar-refractivity contribution in [3.63, 3.8) is 0 Å². The van der Waals surface area contributed by atoms with E-state index in [4.69, 9.17) is 14.6 Å². The normalized spacial score (nSPS) is 27.1. The molecule has 1 rings (SSSR count). The summed E-state index contributed by atoms with van der Waals surface area (Å²) in [5.41, 5.74) is 0. The van der Waals surface area contributed by atoms with E-state index in [0.717, 1.165) is 13.0 Å². The summed E-state index contributed by atoms with van der Waals surface area (Å²) in [5.74, 6) is -0.458. The van der Waals surface area contributed by atoms with Crippen LogP contribution in [-0.4, -0.2) is 44.2 Å². The van der Waals surface area contributed by atoms with E-state index >= 15 is 0 Å². The van der Waals surface area contributed by atoms with Gasteiger partial charge in [0.15, 0.2) is 6.29 Å². The molecule has 0 aromatic heterocycles. The van der Waals surface area contributed by atoms with Crippen LogP contribution in [0.1, 0.15) is 12.8 Å². The average molecular weight is 203 g/mol. The molecule has 1 saturated heterocycles. The first-order valence-electron chi connectivity index (χ1n) is 4.69. The molecule has 14 heavy (non-hydrogen) atoms. The molecule has 0 aromatic carbocycles. The maximum Gasteiger partial charge on any atom is 0.320 e. The molecule has 1 aliphatic rings. The number of methoxy groups -OCH3 is 2. The standard InChI is InChI=1S/C9H17NO4/c1-13-8(14-2)4-6-3-7(9(11)12)10-5-6/h6-8,10H,3-5H2,1-2H3,(H,11,12)/t6-,7+/m1/s1. The number of ether oxygens (including phenoxy) is 2. The van der Waals surface area contributed by atoms with E-state index in [1.807, 2.05) is 0 Å². The van der Waals surface area contributed by atoms with Gasteiger partial charge in [0, 0.05) is 20.6 Å². The van der Waals surface area contributed by atoms with E-state index in [1.54, 1.807) is 14.2 Å². The Morgan fingerprint density at radius 2 is 2.21 bits per heavy atom. The summed E-state index contributed by atoms with van der Waals surface area (Å²) < 4.78 is 10.1. The lowest BCUT2D eigenvalue weighted by atomic mass is 10.0. The summed E-state index contributed by atoms with van der Waals surface area (Å²) in [6.07, 6.45) is 1.16. The quantitative estimate of drug-likeness (QED) is 0.618. The summed E-state index contributed by atoms with van der Waals surface area (Å²) in [7, 11) is 3.18. The lowest BCUT2D eigenvalue weighted by Gasteiger charge is -2.16. The largest absolute Gasteiger partial charge is 0.480 e. The fourth-order valence-corrected chi connectivity index (χ4v) is 1.74. The third-order valence-electron chi connectivity index (χ3n) is 2.57. The molecule has 2 N–H and O–H groups in total. The zero-order valence-electron chi connectivity index (χ0n) is 8.53. The second kappa shape index (κ2) is 5.29. The van der Waals surface area contributed by atoms with Crippen LogP contribution in [0, 0.1) is 5.92 Å². The number of carbonyl (C=O) groups is 1. The van der Waals surface area contributed by atoms with Gasteiger partial charge in [-0.3, -0.25) is 4.79 Å². The Labute approximate surface area is 83.4 Å². The predicted octanol–water partition coefficient (Wildman–Crippen LogP) is 0.0581. The molecule has 1 heterocycles. The molecule has 1 aliphatic heterocycles. The molecular weight excluding hydrogens is 186 g/mol. The van der Waals surface area contributed by atoms with Gasteiger partial charge in [-0.25, -0.2) is 0 Å². The van der Waals surface area contributed by atoms with Crippen LogP contribution in [0.5, 0.6) is 0 Å². The van der Waals surface area contributed by atoms with Crippen LogP contribution in [-0.2, 0) is 14.3 Å². The molecule has 2 atom stereocenters. The van der Waals surface area contributed by atoms with Crippen molar-refractivity contribution in [1.82, 2.24) is 5.32 Å². The minimum atomic E-state index is -0.779. The Morgan fingerprint density at radius 3 is 2.64 bits per heavy atom. The van der Waals surface area contributed by atoms with E-state index < -0.39 is 12.0 Å². The number of aliphatic carboxylic acids is 1. The van der Waals surface area contributed by atoms with Gasteiger partial charge >= 0.3 is 5.97 Å². The Morgan fingerprint density at radius 1 is 1.57 bits per heavy atom. The Bertz CT molecular complexity index is 193. The van der Waals surface area contributed by atoms with E-state index in [2.05, 4.69) is 5.32 Å². The zero-order chi connectivity index (χ0) is 10.6. The highest BCUT2D eigenvalue weighted by molar-refractivity contribution is 5.73. The third kappa shape index (κ3) is 2.94. The van der Waals surface area contributed by atoms with Crippen LogP contribution in [0.3, 0.4) is 0 Å². The lowest BCUT2D eigenvalue weighted by Crippen LogP contribution is -2.29. The van der Waals surface area contributed by atoms with E-state index in [1.165, 1.54) is 0 Å². The highest BCUT2D eigenvalue weighted by Crippen LogP contribution is 2.20. The molecular formula is C9H17NO4. The molecule has 5 heteroatoms. The Kier molecular flexibility index (Phi) is 4.31. The number of nitrogens with one attached hydrogen (secondary N) is 1. The van der Waals surface area contributed by atoms with E-state index in [-0.39, 0.29) is 6.29 Å². The van der Waals surface area contributed by atoms with Crippen molar-refractivity contribution >= 4 is 5.97 Å². The van der Waals surface area contributed by atoms with Crippen molar-refractivity contribution in [3.05, 3.63) is 0 Å². The second-order valence-electron chi connectivity index (χ2n) is 3.54. The van der Waals surface area contributed by atoms with Crippen LogP contribution < -0.4 is 5.32 Å². The summed E-state index contributed by atoms with van der Waals surface area (Å²) in [4.78, 5) is 10.6. The molecule has 0 aromatic rings. The fraction of sp³-hybridized carbons (Fsp3) is 0.889. The first-order valence-corrected chi connectivity index (χ1v) is 4.69. The van der Waals surface area contributed by atoms with Crippen LogP contribution in [0.25, 0.3) is 0 Å². The van der Waals surface area contributed by atoms with Gasteiger partial charge in [-0.05, 0) is 18.9 Å². The summed E-state index contributed by atoms with van der Waals surface area (Å²) in [5, 5.41) is 11.7. The van der Waals surface area contributed by atoms with E-state index in [0.29, 0.717) is 12.3 Å². The van der Waals surface area contributed by atoms with Crippen molar-refractivity contribution in [2.45, 2.75) is 25.2 Å². The number of rotatable bonds is 5.